The zero-order valence-corrected chi connectivity index (χ0v) is 19.9. The van der Waals surface area contributed by atoms with Crippen LogP contribution in [0.15, 0.2) is 82.6 Å². The third-order valence-electron chi connectivity index (χ3n) is 5.47. The maximum atomic E-state index is 13.0. The highest BCUT2D eigenvalue weighted by atomic mass is 79.9. The number of aromatic nitrogens is 1. The first-order chi connectivity index (χ1) is 15.6. The van der Waals surface area contributed by atoms with Gasteiger partial charge < -0.3 is 9.64 Å². The molecule has 2 heterocycles. The molecular weight excluding hydrogens is 484 g/mol. The molecule has 6 heteroatoms. The van der Waals surface area contributed by atoms with Crippen LogP contribution < -0.4 is 9.64 Å². The summed E-state index contributed by atoms with van der Waals surface area (Å²) >= 11 is 5.12. The third-order valence-corrected chi connectivity index (χ3v) is 6.84. The van der Waals surface area contributed by atoms with Crippen molar-refractivity contribution in [1.29, 1.82) is 0 Å². The van der Waals surface area contributed by atoms with Gasteiger partial charge in [-0.3, -0.25) is 4.79 Å². The van der Waals surface area contributed by atoms with Gasteiger partial charge in [-0.1, -0.05) is 58.4 Å². The second-order valence-electron chi connectivity index (χ2n) is 7.78. The van der Waals surface area contributed by atoms with Crippen molar-refractivity contribution in [1.82, 2.24) is 4.98 Å². The second kappa shape index (κ2) is 8.88. The Morgan fingerprint density at radius 3 is 2.59 bits per heavy atom. The Bertz CT molecular complexity index is 1250. The number of carbonyl (C=O) groups is 1. The minimum absolute atomic E-state index is 0.0411. The maximum Gasteiger partial charge on any atom is 0.268 e. The lowest BCUT2D eigenvalue weighted by atomic mass is 10.1. The van der Waals surface area contributed by atoms with Crippen molar-refractivity contribution in [2.45, 2.75) is 26.0 Å². The summed E-state index contributed by atoms with van der Waals surface area (Å²) < 4.78 is 6.90. The van der Waals surface area contributed by atoms with Crippen LogP contribution in [-0.2, 0) is 17.8 Å². The van der Waals surface area contributed by atoms with E-state index in [2.05, 4.69) is 33.4 Å². The van der Waals surface area contributed by atoms with Gasteiger partial charge in [0.25, 0.3) is 5.91 Å². The Morgan fingerprint density at radius 1 is 1.03 bits per heavy atom. The van der Waals surface area contributed by atoms with E-state index in [1.54, 1.807) is 18.3 Å². The van der Waals surface area contributed by atoms with E-state index >= 15 is 0 Å². The van der Waals surface area contributed by atoms with Gasteiger partial charge in [-0.2, -0.15) is 0 Å². The van der Waals surface area contributed by atoms with E-state index in [1.165, 1.54) is 5.56 Å². The van der Waals surface area contributed by atoms with E-state index in [-0.39, 0.29) is 5.91 Å². The molecule has 0 radical (unpaired) electrons. The molecule has 3 aromatic carbocycles. The number of fused-ring (bicyclic) bond motifs is 1. The van der Waals surface area contributed by atoms with Crippen molar-refractivity contribution in [3.05, 3.63) is 98.8 Å². The quantitative estimate of drug-likeness (QED) is 0.312. The van der Waals surface area contributed by atoms with Crippen LogP contribution in [0.3, 0.4) is 0 Å². The van der Waals surface area contributed by atoms with Crippen molar-refractivity contribution >= 4 is 38.9 Å². The van der Waals surface area contributed by atoms with Gasteiger partial charge in [0.2, 0.25) is 0 Å². The first-order valence-electron chi connectivity index (χ1n) is 10.4. The molecule has 160 valence electrons. The van der Waals surface area contributed by atoms with Gasteiger partial charge in [-0.05, 0) is 48.4 Å². The molecule has 0 bridgehead atoms. The van der Waals surface area contributed by atoms with E-state index in [1.807, 2.05) is 65.6 Å². The molecule has 4 aromatic rings. The Kier molecular flexibility index (Phi) is 5.81. The number of amides is 1. The lowest BCUT2D eigenvalue weighted by Gasteiger charge is -2.33. The number of rotatable bonds is 5. The molecule has 1 aliphatic rings. The number of carbonyl (C=O) groups excluding carboxylic acids is 1. The van der Waals surface area contributed by atoms with Gasteiger partial charge in [0, 0.05) is 21.8 Å². The molecule has 1 aliphatic heterocycles. The molecule has 4 nitrogen and oxygen atoms in total. The molecule has 0 saturated carbocycles. The van der Waals surface area contributed by atoms with E-state index in [0.29, 0.717) is 6.54 Å². The average Bonchev–Trinajstić information content (AvgIpc) is 3.27. The molecule has 5 rings (SSSR count). The highest BCUT2D eigenvalue weighted by Gasteiger charge is 2.32. The summed E-state index contributed by atoms with van der Waals surface area (Å²) in [4.78, 5) is 19.7. The molecule has 1 unspecified atom stereocenters. The molecule has 0 spiro atoms. The number of benzene rings is 3. The number of anilines is 1. The van der Waals surface area contributed by atoms with Gasteiger partial charge in [-0.15, -0.1) is 11.3 Å². The van der Waals surface area contributed by atoms with Gasteiger partial charge in [0.1, 0.15) is 5.75 Å². The highest BCUT2D eigenvalue weighted by Crippen LogP contribution is 2.38. The fourth-order valence-corrected chi connectivity index (χ4v) is 4.90. The normalized spacial score (nSPS) is 15.4. The molecule has 0 N–H and O–H groups in total. The van der Waals surface area contributed by atoms with E-state index in [0.717, 1.165) is 44.2 Å². The summed E-state index contributed by atoms with van der Waals surface area (Å²) in [7, 11) is 0. The summed E-state index contributed by atoms with van der Waals surface area (Å²) in [6, 6.07) is 24.3. The first kappa shape index (κ1) is 20.9. The Hall–Kier alpha value is -2.96. The molecule has 1 amide bonds. The molecule has 0 saturated heterocycles. The zero-order valence-electron chi connectivity index (χ0n) is 17.5. The van der Waals surface area contributed by atoms with Gasteiger partial charge in [-0.25, -0.2) is 4.98 Å². The number of hydrogen-bond donors (Lipinski definition) is 0. The van der Waals surface area contributed by atoms with Crippen LogP contribution >= 0.6 is 27.3 Å². The minimum atomic E-state index is -0.513. The van der Waals surface area contributed by atoms with E-state index in [4.69, 9.17) is 9.72 Å². The lowest BCUT2D eigenvalue weighted by Crippen LogP contribution is -2.44. The minimum Gasteiger partial charge on any atom is -0.479 e. The number of nitrogens with zero attached hydrogens (tertiary/aromatic N) is 2. The predicted octanol–water partition coefficient (Wildman–Crippen LogP) is 6.48. The van der Waals surface area contributed by atoms with Gasteiger partial charge >= 0.3 is 0 Å². The smallest absolute Gasteiger partial charge is 0.268 e. The van der Waals surface area contributed by atoms with Crippen LogP contribution in [0.25, 0.3) is 11.3 Å². The Labute approximate surface area is 199 Å². The SMILES string of the molecule is CC1Oc2ccc(-c3csc(Cc4ccccc4)n3)cc2N(Cc2ccc(Br)cc2)C1=O. The van der Waals surface area contributed by atoms with Crippen LogP contribution in [0.5, 0.6) is 5.75 Å². The fourth-order valence-electron chi connectivity index (χ4n) is 3.80. The largest absolute Gasteiger partial charge is 0.479 e. The standard InChI is InChI=1S/C26H21BrN2O2S/c1-17-26(30)29(15-19-7-10-21(27)11-8-19)23-14-20(9-12-24(23)31-17)22-16-32-25(28-22)13-18-5-3-2-4-6-18/h2-12,14,16-17H,13,15H2,1H3. The van der Waals surface area contributed by atoms with Crippen LogP contribution in [0.2, 0.25) is 0 Å². The van der Waals surface area contributed by atoms with Crippen LogP contribution in [0, 0.1) is 0 Å². The summed E-state index contributed by atoms with van der Waals surface area (Å²) in [6.45, 7) is 2.29. The van der Waals surface area contributed by atoms with Gasteiger partial charge in [0.05, 0.1) is 22.9 Å². The summed E-state index contributed by atoms with van der Waals surface area (Å²) in [5, 5.41) is 3.14. The number of ether oxygens (including phenoxy) is 1. The van der Waals surface area contributed by atoms with Crippen molar-refractivity contribution in [2.75, 3.05) is 4.90 Å². The van der Waals surface area contributed by atoms with Gasteiger partial charge in [0.15, 0.2) is 6.10 Å². The molecule has 1 atom stereocenters. The number of halogens is 1. The Balaban J connectivity index is 1.45. The summed E-state index contributed by atoms with van der Waals surface area (Å²) in [5.74, 6) is 0.679. The second-order valence-corrected chi connectivity index (χ2v) is 9.64. The molecule has 1 aromatic heterocycles. The first-order valence-corrected chi connectivity index (χ1v) is 12.1. The van der Waals surface area contributed by atoms with Crippen LogP contribution in [0.4, 0.5) is 5.69 Å². The molecule has 0 fully saturated rings. The van der Waals surface area contributed by atoms with Crippen molar-refractivity contribution in [2.24, 2.45) is 0 Å². The van der Waals surface area contributed by atoms with Crippen LogP contribution in [-0.4, -0.2) is 17.0 Å². The summed E-state index contributed by atoms with van der Waals surface area (Å²) in [6.07, 6.45) is 0.297. The lowest BCUT2D eigenvalue weighted by molar-refractivity contribution is -0.125. The average molecular weight is 505 g/mol. The molecular formula is C26H21BrN2O2S. The number of hydrogen-bond acceptors (Lipinski definition) is 4. The van der Waals surface area contributed by atoms with Crippen molar-refractivity contribution in [3.8, 4) is 17.0 Å². The van der Waals surface area contributed by atoms with E-state index < -0.39 is 6.10 Å². The zero-order chi connectivity index (χ0) is 22.1. The summed E-state index contributed by atoms with van der Waals surface area (Å²) in [5.41, 5.74) is 4.98. The monoisotopic (exact) mass is 504 g/mol. The fraction of sp³-hybridized carbons (Fsp3) is 0.154. The maximum absolute atomic E-state index is 13.0. The molecule has 0 aliphatic carbocycles. The molecule has 32 heavy (non-hydrogen) atoms. The predicted molar refractivity (Wildman–Crippen MR) is 132 cm³/mol. The Morgan fingerprint density at radius 2 is 1.81 bits per heavy atom. The van der Waals surface area contributed by atoms with Crippen molar-refractivity contribution < 1.29 is 9.53 Å². The topological polar surface area (TPSA) is 42.4 Å². The van der Waals surface area contributed by atoms with Crippen LogP contribution in [0.1, 0.15) is 23.1 Å². The number of thiazole rings is 1. The van der Waals surface area contributed by atoms with E-state index in [9.17, 15) is 4.79 Å². The third kappa shape index (κ3) is 4.33. The van der Waals surface area contributed by atoms with Crippen molar-refractivity contribution in [3.63, 3.8) is 0 Å². The highest BCUT2D eigenvalue weighted by molar-refractivity contribution is 9.10.